The lowest BCUT2D eigenvalue weighted by Gasteiger charge is -2.02. The van der Waals surface area contributed by atoms with Gasteiger partial charge in [0.05, 0.1) is 24.2 Å². The third kappa shape index (κ3) is 2.83. The van der Waals surface area contributed by atoms with Crippen molar-refractivity contribution < 1.29 is 9.53 Å². The first-order valence-electron chi connectivity index (χ1n) is 4.80. The van der Waals surface area contributed by atoms with Crippen LogP contribution in [0, 0.1) is 22.7 Å². The third-order valence-electron chi connectivity index (χ3n) is 1.98. The first kappa shape index (κ1) is 11.7. The molecular formula is C12H10N2O2. The number of nitrogens with zero attached hydrogens (tertiary/aromatic N) is 2. The van der Waals surface area contributed by atoms with Crippen molar-refractivity contribution in [1.29, 1.82) is 10.5 Å². The van der Waals surface area contributed by atoms with Crippen molar-refractivity contribution in [3.05, 3.63) is 34.9 Å². The van der Waals surface area contributed by atoms with Gasteiger partial charge in [-0.3, -0.25) is 4.79 Å². The van der Waals surface area contributed by atoms with Crippen LogP contribution in [0.15, 0.2) is 18.2 Å². The highest BCUT2D eigenvalue weighted by Crippen LogP contribution is 2.11. The third-order valence-corrected chi connectivity index (χ3v) is 1.98. The smallest absolute Gasteiger partial charge is 0.310 e. The van der Waals surface area contributed by atoms with Crippen molar-refractivity contribution in [2.75, 3.05) is 6.61 Å². The van der Waals surface area contributed by atoms with E-state index in [1.807, 2.05) is 12.1 Å². The van der Waals surface area contributed by atoms with Crippen LogP contribution in [0.1, 0.15) is 23.6 Å². The van der Waals surface area contributed by atoms with Gasteiger partial charge < -0.3 is 4.74 Å². The molecule has 0 aliphatic rings. The van der Waals surface area contributed by atoms with Crippen molar-refractivity contribution in [2.45, 2.75) is 13.3 Å². The minimum Gasteiger partial charge on any atom is -0.466 e. The quantitative estimate of drug-likeness (QED) is 0.715. The average molecular weight is 214 g/mol. The highest BCUT2D eigenvalue weighted by Gasteiger charge is 2.07. The van der Waals surface area contributed by atoms with Crippen LogP contribution in [0.5, 0.6) is 0 Å². The van der Waals surface area contributed by atoms with E-state index in [1.165, 1.54) is 12.1 Å². The second-order valence-electron chi connectivity index (χ2n) is 3.09. The molecule has 16 heavy (non-hydrogen) atoms. The molecule has 0 aliphatic carbocycles. The number of carbonyl (C=O) groups is 1. The van der Waals surface area contributed by atoms with Crippen LogP contribution in [-0.2, 0) is 16.0 Å². The molecule has 4 nitrogen and oxygen atoms in total. The van der Waals surface area contributed by atoms with Gasteiger partial charge in [0.2, 0.25) is 0 Å². The standard InChI is InChI=1S/C12H10N2O2/c1-2-16-12(15)6-9-3-4-10(7-13)11(5-9)8-14/h3-5H,2,6H2,1H3. The van der Waals surface area contributed by atoms with Gasteiger partial charge in [-0.25, -0.2) is 0 Å². The number of carbonyl (C=O) groups excluding carboxylic acids is 1. The minimum atomic E-state index is -0.337. The Morgan fingerprint density at radius 2 is 2.00 bits per heavy atom. The molecule has 0 heterocycles. The molecule has 0 aromatic heterocycles. The fourth-order valence-corrected chi connectivity index (χ4v) is 1.27. The summed E-state index contributed by atoms with van der Waals surface area (Å²) in [6.45, 7) is 2.07. The topological polar surface area (TPSA) is 73.9 Å². The maximum atomic E-state index is 11.2. The van der Waals surface area contributed by atoms with Crippen molar-refractivity contribution in [3.8, 4) is 12.1 Å². The molecule has 0 N–H and O–H groups in total. The van der Waals surface area contributed by atoms with Crippen molar-refractivity contribution in [1.82, 2.24) is 0 Å². The lowest BCUT2D eigenvalue weighted by Crippen LogP contribution is -2.07. The maximum Gasteiger partial charge on any atom is 0.310 e. The molecule has 0 bridgehead atoms. The Morgan fingerprint density at radius 1 is 1.31 bits per heavy atom. The molecule has 4 heteroatoms. The van der Waals surface area contributed by atoms with E-state index in [2.05, 4.69) is 0 Å². The Kier molecular flexibility index (Phi) is 4.06. The van der Waals surface area contributed by atoms with Crippen LogP contribution in [0.25, 0.3) is 0 Å². The van der Waals surface area contributed by atoms with Crippen molar-refractivity contribution in [2.24, 2.45) is 0 Å². The number of nitriles is 2. The Hall–Kier alpha value is -2.33. The number of hydrogen-bond donors (Lipinski definition) is 0. The van der Waals surface area contributed by atoms with Crippen LogP contribution in [0.4, 0.5) is 0 Å². The molecule has 0 radical (unpaired) electrons. The number of ether oxygens (including phenoxy) is 1. The summed E-state index contributed by atoms with van der Waals surface area (Å²) in [6.07, 6.45) is 0.119. The second-order valence-corrected chi connectivity index (χ2v) is 3.09. The summed E-state index contributed by atoms with van der Waals surface area (Å²) in [5.41, 5.74) is 1.27. The van der Waals surface area contributed by atoms with Crippen LogP contribution in [0.2, 0.25) is 0 Å². The average Bonchev–Trinajstić information content (AvgIpc) is 2.29. The summed E-state index contributed by atoms with van der Waals surface area (Å²) in [4.78, 5) is 11.2. The summed E-state index contributed by atoms with van der Waals surface area (Å²) in [6, 6.07) is 8.55. The lowest BCUT2D eigenvalue weighted by atomic mass is 10.0. The Balaban J connectivity index is 2.89. The summed E-state index contributed by atoms with van der Waals surface area (Å²) in [5.74, 6) is -0.337. The van der Waals surface area contributed by atoms with E-state index in [-0.39, 0.29) is 18.0 Å². The molecule has 0 fully saturated rings. The predicted octanol–water partition coefficient (Wildman–Crippen LogP) is 1.54. The Morgan fingerprint density at radius 3 is 2.56 bits per heavy atom. The molecule has 1 aromatic carbocycles. The first-order valence-corrected chi connectivity index (χ1v) is 4.80. The summed E-state index contributed by atoms with van der Waals surface area (Å²) in [7, 11) is 0. The summed E-state index contributed by atoms with van der Waals surface area (Å²) >= 11 is 0. The normalized spacial score (nSPS) is 8.94. The Labute approximate surface area is 93.7 Å². The predicted molar refractivity (Wildman–Crippen MR) is 56.2 cm³/mol. The molecular weight excluding hydrogens is 204 g/mol. The second kappa shape index (κ2) is 5.53. The van der Waals surface area contributed by atoms with Crippen molar-refractivity contribution >= 4 is 5.97 Å². The molecule has 0 spiro atoms. The molecule has 0 aliphatic heterocycles. The minimum absolute atomic E-state index is 0.119. The SMILES string of the molecule is CCOC(=O)Cc1ccc(C#N)c(C#N)c1. The fourth-order valence-electron chi connectivity index (χ4n) is 1.27. The van der Waals surface area contributed by atoms with Gasteiger partial charge in [0, 0.05) is 0 Å². The van der Waals surface area contributed by atoms with E-state index in [0.29, 0.717) is 17.7 Å². The molecule has 1 aromatic rings. The van der Waals surface area contributed by atoms with Gasteiger partial charge in [0.15, 0.2) is 0 Å². The maximum absolute atomic E-state index is 11.2. The van der Waals surface area contributed by atoms with E-state index in [1.54, 1.807) is 13.0 Å². The molecule has 0 atom stereocenters. The van der Waals surface area contributed by atoms with Gasteiger partial charge >= 0.3 is 5.97 Å². The van der Waals surface area contributed by atoms with Crippen molar-refractivity contribution in [3.63, 3.8) is 0 Å². The molecule has 0 saturated heterocycles. The Bertz CT molecular complexity index is 481. The fraction of sp³-hybridized carbons (Fsp3) is 0.250. The highest BCUT2D eigenvalue weighted by atomic mass is 16.5. The number of benzene rings is 1. The lowest BCUT2D eigenvalue weighted by molar-refractivity contribution is -0.142. The zero-order valence-corrected chi connectivity index (χ0v) is 8.86. The van der Waals surface area contributed by atoms with Gasteiger partial charge in [-0.15, -0.1) is 0 Å². The van der Waals surface area contributed by atoms with Gasteiger partial charge in [-0.1, -0.05) is 6.07 Å². The molecule has 0 unspecified atom stereocenters. The van der Waals surface area contributed by atoms with Gasteiger partial charge in [0.25, 0.3) is 0 Å². The molecule has 1 rings (SSSR count). The summed E-state index contributed by atoms with van der Waals surface area (Å²) in [5, 5.41) is 17.5. The first-order chi connectivity index (χ1) is 7.71. The van der Waals surface area contributed by atoms with Crippen LogP contribution < -0.4 is 0 Å². The van der Waals surface area contributed by atoms with E-state index in [4.69, 9.17) is 15.3 Å². The van der Waals surface area contributed by atoms with E-state index >= 15 is 0 Å². The largest absolute Gasteiger partial charge is 0.466 e. The van der Waals surface area contributed by atoms with E-state index in [0.717, 1.165) is 0 Å². The van der Waals surface area contributed by atoms with E-state index < -0.39 is 0 Å². The zero-order chi connectivity index (χ0) is 12.0. The zero-order valence-electron chi connectivity index (χ0n) is 8.86. The number of hydrogen-bond acceptors (Lipinski definition) is 4. The highest BCUT2D eigenvalue weighted by molar-refractivity contribution is 5.72. The van der Waals surface area contributed by atoms with Gasteiger partial charge in [-0.2, -0.15) is 10.5 Å². The van der Waals surface area contributed by atoms with Crippen LogP contribution in [-0.4, -0.2) is 12.6 Å². The molecule has 0 amide bonds. The monoisotopic (exact) mass is 214 g/mol. The molecule has 80 valence electrons. The number of rotatable bonds is 3. The summed E-state index contributed by atoms with van der Waals surface area (Å²) < 4.78 is 4.79. The molecule has 0 saturated carbocycles. The van der Waals surface area contributed by atoms with Crippen LogP contribution in [0.3, 0.4) is 0 Å². The van der Waals surface area contributed by atoms with E-state index in [9.17, 15) is 4.79 Å². The van der Waals surface area contributed by atoms with Gasteiger partial charge in [-0.05, 0) is 24.6 Å². The van der Waals surface area contributed by atoms with Crippen LogP contribution >= 0.6 is 0 Å². The van der Waals surface area contributed by atoms with Gasteiger partial charge in [0.1, 0.15) is 12.1 Å². The number of esters is 1.